The van der Waals surface area contributed by atoms with E-state index < -0.39 is 0 Å². The average molecular weight is 405 g/mol. The minimum absolute atomic E-state index is 0.0286. The maximum atomic E-state index is 13.6. The van der Waals surface area contributed by atoms with Crippen LogP contribution in [-0.4, -0.2) is 48.6 Å². The van der Waals surface area contributed by atoms with Gasteiger partial charge in [-0.3, -0.25) is 9.79 Å². The van der Waals surface area contributed by atoms with Gasteiger partial charge < -0.3 is 18.8 Å². The quantitative estimate of drug-likeness (QED) is 0.427. The van der Waals surface area contributed by atoms with E-state index in [2.05, 4.69) is 23.0 Å². The molecule has 2 aromatic heterocycles. The van der Waals surface area contributed by atoms with E-state index in [0.29, 0.717) is 31.1 Å². The topological polar surface area (TPSA) is 55.5 Å². The molecule has 0 atom stereocenters. The number of nitrogens with zero attached hydrogens (tertiary/aromatic N) is 3. The molecule has 30 heavy (non-hydrogen) atoms. The predicted octanol–water partition coefficient (Wildman–Crippen LogP) is 2.54. The fourth-order valence-electron chi connectivity index (χ4n) is 3.90. The lowest BCUT2D eigenvalue weighted by molar-refractivity contribution is 0.103. The zero-order valence-corrected chi connectivity index (χ0v) is 17.7. The number of methoxy groups -OCH3 is 1. The number of carbonyl (C=O) groups is 1. The Hall–Kier alpha value is -3.12. The third kappa shape index (κ3) is 3.71. The SMILES string of the molecule is CCCN1C=c2cc(C(=O)c3c(C)c(OCCOC)c4ccccn34)ccc2=NC1. The van der Waals surface area contributed by atoms with E-state index in [9.17, 15) is 4.79 Å². The van der Waals surface area contributed by atoms with Gasteiger partial charge in [0.1, 0.15) is 24.7 Å². The second-order valence-electron chi connectivity index (χ2n) is 7.44. The van der Waals surface area contributed by atoms with Gasteiger partial charge in [-0.2, -0.15) is 0 Å². The molecule has 0 fully saturated rings. The first-order valence-electron chi connectivity index (χ1n) is 10.3. The third-order valence-electron chi connectivity index (χ3n) is 5.32. The van der Waals surface area contributed by atoms with Crippen molar-refractivity contribution in [2.45, 2.75) is 20.3 Å². The minimum atomic E-state index is -0.0286. The molecule has 0 saturated carbocycles. The number of ketones is 1. The first kappa shape index (κ1) is 20.2. The zero-order valence-electron chi connectivity index (χ0n) is 17.7. The van der Waals surface area contributed by atoms with E-state index in [-0.39, 0.29) is 5.78 Å². The second-order valence-corrected chi connectivity index (χ2v) is 7.44. The summed E-state index contributed by atoms with van der Waals surface area (Å²) in [6.07, 6.45) is 5.06. The Bertz CT molecular complexity index is 1200. The summed E-state index contributed by atoms with van der Waals surface area (Å²) >= 11 is 0. The fourth-order valence-corrected chi connectivity index (χ4v) is 3.90. The van der Waals surface area contributed by atoms with E-state index >= 15 is 0 Å². The Morgan fingerprint density at radius 1 is 1.20 bits per heavy atom. The van der Waals surface area contributed by atoms with Crippen molar-refractivity contribution < 1.29 is 14.3 Å². The van der Waals surface area contributed by atoms with Crippen LogP contribution in [0.1, 0.15) is 35.0 Å². The van der Waals surface area contributed by atoms with Gasteiger partial charge in [0, 0.05) is 42.4 Å². The standard InChI is InChI=1S/C24H27N3O3/c1-4-10-26-15-19-14-18(8-9-20(19)25-16-26)23(28)22-17(2)24(30-13-12-29-3)21-7-5-6-11-27(21)22/h5-9,11,14-15H,4,10,12-13,16H2,1-3H3. The zero-order chi connectivity index (χ0) is 21.1. The second kappa shape index (κ2) is 8.71. The summed E-state index contributed by atoms with van der Waals surface area (Å²) in [7, 11) is 1.64. The molecule has 0 unspecified atom stereocenters. The molecule has 0 radical (unpaired) electrons. The molecular weight excluding hydrogens is 378 g/mol. The molecule has 0 amide bonds. The fraction of sp³-hybridized carbons (Fsp3) is 0.333. The van der Waals surface area contributed by atoms with E-state index in [0.717, 1.165) is 40.4 Å². The predicted molar refractivity (Wildman–Crippen MR) is 116 cm³/mol. The van der Waals surface area contributed by atoms with Crippen molar-refractivity contribution in [2.24, 2.45) is 4.99 Å². The molecule has 6 nitrogen and oxygen atoms in total. The Morgan fingerprint density at radius 3 is 2.87 bits per heavy atom. The smallest absolute Gasteiger partial charge is 0.210 e. The summed E-state index contributed by atoms with van der Waals surface area (Å²) in [6.45, 7) is 6.62. The van der Waals surface area contributed by atoms with Crippen molar-refractivity contribution in [1.82, 2.24) is 9.30 Å². The summed E-state index contributed by atoms with van der Waals surface area (Å²) in [6, 6.07) is 11.6. The lowest BCUT2D eigenvalue weighted by Crippen LogP contribution is -2.36. The maximum Gasteiger partial charge on any atom is 0.210 e. The van der Waals surface area contributed by atoms with Crippen LogP contribution in [0.15, 0.2) is 47.6 Å². The van der Waals surface area contributed by atoms with Gasteiger partial charge in [0.15, 0.2) is 0 Å². The number of pyridine rings is 1. The van der Waals surface area contributed by atoms with E-state index in [1.165, 1.54) is 0 Å². The van der Waals surface area contributed by atoms with E-state index in [1.807, 2.05) is 53.9 Å². The molecule has 1 aliphatic rings. The number of rotatable bonds is 8. The Kier molecular flexibility index (Phi) is 5.86. The molecule has 4 rings (SSSR count). The van der Waals surface area contributed by atoms with Gasteiger partial charge >= 0.3 is 0 Å². The molecule has 1 aromatic carbocycles. The van der Waals surface area contributed by atoms with Crippen molar-refractivity contribution in [3.8, 4) is 5.75 Å². The van der Waals surface area contributed by atoms with Gasteiger partial charge in [0.2, 0.25) is 5.78 Å². The number of hydrogen-bond acceptors (Lipinski definition) is 5. The number of fused-ring (bicyclic) bond motifs is 2. The summed E-state index contributed by atoms with van der Waals surface area (Å²) in [5.41, 5.74) is 2.98. The van der Waals surface area contributed by atoms with Crippen LogP contribution in [0.4, 0.5) is 0 Å². The van der Waals surface area contributed by atoms with Crippen LogP contribution in [0.2, 0.25) is 0 Å². The molecule has 0 aliphatic carbocycles. The number of hydrogen-bond donors (Lipinski definition) is 0. The largest absolute Gasteiger partial charge is 0.489 e. The molecule has 1 aliphatic heterocycles. The van der Waals surface area contributed by atoms with Gasteiger partial charge in [-0.15, -0.1) is 0 Å². The highest BCUT2D eigenvalue weighted by Gasteiger charge is 2.22. The van der Waals surface area contributed by atoms with Crippen molar-refractivity contribution in [3.63, 3.8) is 0 Å². The first-order valence-corrected chi connectivity index (χ1v) is 10.3. The van der Waals surface area contributed by atoms with E-state index in [1.54, 1.807) is 7.11 Å². The van der Waals surface area contributed by atoms with Crippen LogP contribution in [0.5, 0.6) is 5.75 Å². The van der Waals surface area contributed by atoms with Crippen LogP contribution < -0.4 is 15.3 Å². The van der Waals surface area contributed by atoms with Crippen LogP contribution in [0.25, 0.3) is 11.7 Å². The van der Waals surface area contributed by atoms with Gasteiger partial charge in [-0.25, -0.2) is 0 Å². The Balaban J connectivity index is 1.77. The van der Waals surface area contributed by atoms with Crippen LogP contribution >= 0.6 is 0 Å². The van der Waals surface area contributed by atoms with Crippen molar-refractivity contribution in [3.05, 3.63) is 70.0 Å². The first-order chi connectivity index (χ1) is 14.6. The molecule has 0 bridgehead atoms. The molecule has 0 N–H and O–H groups in total. The van der Waals surface area contributed by atoms with Crippen molar-refractivity contribution >= 4 is 17.5 Å². The van der Waals surface area contributed by atoms with Gasteiger partial charge in [-0.1, -0.05) is 13.0 Å². The normalized spacial score (nSPS) is 13.0. The third-order valence-corrected chi connectivity index (χ3v) is 5.32. The number of aromatic nitrogens is 1. The monoisotopic (exact) mass is 405 g/mol. The number of benzene rings is 1. The highest BCUT2D eigenvalue weighted by atomic mass is 16.5. The summed E-state index contributed by atoms with van der Waals surface area (Å²) in [5, 5.41) is 1.91. The van der Waals surface area contributed by atoms with Gasteiger partial charge in [0.05, 0.1) is 17.5 Å². The average Bonchev–Trinajstić information content (AvgIpc) is 3.04. The van der Waals surface area contributed by atoms with Crippen LogP contribution in [-0.2, 0) is 4.74 Å². The molecule has 6 heteroatoms. The Labute approximate surface area is 176 Å². The van der Waals surface area contributed by atoms with Crippen molar-refractivity contribution in [1.29, 1.82) is 0 Å². The van der Waals surface area contributed by atoms with Gasteiger partial charge in [-0.05, 0) is 43.7 Å². The minimum Gasteiger partial charge on any atom is -0.489 e. The summed E-state index contributed by atoms with van der Waals surface area (Å²) in [4.78, 5) is 20.4. The molecule has 156 valence electrons. The molecule has 0 spiro atoms. The maximum absolute atomic E-state index is 13.6. The molecular formula is C24H27N3O3. The highest BCUT2D eigenvalue weighted by molar-refractivity contribution is 6.10. The lowest BCUT2D eigenvalue weighted by Gasteiger charge is -2.19. The van der Waals surface area contributed by atoms with Crippen molar-refractivity contribution in [2.75, 3.05) is 33.5 Å². The molecule has 0 saturated heterocycles. The summed E-state index contributed by atoms with van der Waals surface area (Å²) in [5.74, 6) is 0.698. The van der Waals surface area contributed by atoms with Crippen LogP contribution in [0, 0.1) is 6.92 Å². The molecule has 3 aromatic rings. The lowest BCUT2D eigenvalue weighted by atomic mass is 10.0. The summed E-state index contributed by atoms with van der Waals surface area (Å²) < 4.78 is 13.0. The molecule has 3 heterocycles. The number of carbonyl (C=O) groups excluding carboxylic acids is 1. The Morgan fingerprint density at radius 2 is 2.07 bits per heavy atom. The van der Waals surface area contributed by atoms with Gasteiger partial charge in [0.25, 0.3) is 0 Å². The highest BCUT2D eigenvalue weighted by Crippen LogP contribution is 2.31. The van der Waals surface area contributed by atoms with E-state index in [4.69, 9.17) is 9.47 Å². The number of ether oxygens (including phenoxy) is 2. The van der Waals surface area contributed by atoms with Crippen LogP contribution in [0.3, 0.4) is 0 Å².